The summed E-state index contributed by atoms with van der Waals surface area (Å²) >= 11 is 0. The van der Waals surface area contributed by atoms with Gasteiger partial charge >= 0.3 is 0 Å². The van der Waals surface area contributed by atoms with Crippen LogP contribution in [0.15, 0.2) is 28.8 Å². The molecule has 1 aromatic carbocycles. The van der Waals surface area contributed by atoms with Crippen LogP contribution in [0, 0.1) is 0 Å². The number of nitrogens with two attached hydrogens (primary N) is 1. The maximum Gasteiger partial charge on any atom is 0.232 e. The van der Waals surface area contributed by atoms with E-state index in [4.69, 9.17) is 10.2 Å². The Labute approximate surface area is 97.7 Å². The summed E-state index contributed by atoms with van der Waals surface area (Å²) in [5, 5.41) is 6.51. The summed E-state index contributed by atoms with van der Waals surface area (Å²) < 4.78 is 5.64. The molecule has 0 saturated carbocycles. The van der Waals surface area contributed by atoms with Gasteiger partial charge in [0, 0.05) is 0 Å². The summed E-state index contributed by atoms with van der Waals surface area (Å²) in [7, 11) is 0. The van der Waals surface area contributed by atoms with Crippen molar-refractivity contribution in [1.82, 2.24) is 15.2 Å². The highest BCUT2D eigenvalue weighted by molar-refractivity contribution is 5.78. The largest absolute Gasteiger partial charge is 0.436 e. The molecule has 3 N–H and O–H groups in total. The number of aromatic nitrogens is 3. The first kappa shape index (κ1) is 9.89. The lowest BCUT2D eigenvalue weighted by Gasteiger charge is -1.92. The number of nitrogens with one attached hydrogen (secondary N) is 1. The van der Waals surface area contributed by atoms with Gasteiger partial charge in [0.2, 0.25) is 5.89 Å². The van der Waals surface area contributed by atoms with Crippen molar-refractivity contribution in [2.45, 2.75) is 13.3 Å². The lowest BCUT2D eigenvalue weighted by Crippen LogP contribution is -1.87. The van der Waals surface area contributed by atoms with E-state index in [0.29, 0.717) is 17.3 Å². The highest BCUT2D eigenvalue weighted by atomic mass is 16.3. The minimum atomic E-state index is 0.465. The van der Waals surface area contributed by atoms with E-state index < -0.39 is 0 Å². The summed E-state index contributed by atoms with van der Waals surface area (Å²) in [6.45, 7) is 2.11. The normalized spacial score (nSPS) is 11.1. The molecule has 86 valence electrons. The van der Waals surface area contributed by atoms with Crippen molar-refractivity contribution in [3.05, 3.63) is 30.0 Å². The van der Waals surface area contributed by atoms with Gasteiger partial charge in [-0.05, 0) is 24.1 Å². The fraction of sp³-hybridized carbons (Fsp3) is 0.167. The smallest absolute Gasteiger partial charge is 0.232 e. The van der Waals surface area contributed by atoms with Crippen LogP contribution in [0.2, 0.25) is 0 Å². The van der Waals surface area contributed by atoms with Gasteiger partial charge in [-0.1, -0.05) is 13.0 Å². The van der Waals surface area contributed by atoms with Crippen molar-refractivity contribution in [3.8, 4) is 11.5 Å². The number of hydrogen-bond donors (Lipinski definition) is 2. The Bertz CT molecular complexity index is 668. The number of aromatic amines is 1. The molecule has 5 nitrogen and oxygen atoms in total. The van der Waals surface area contributed by atoms with Crippen LogP contribution in [0.5, 0.6) is 0 Å². The molecule has 0 saturated heterocycles. The third-order valence-corrected chi connectivity index (χ3v) is 2.76. The minimum Gasteiger partial charge on any atom is -0.436 e. The van der Waals surface area contributed by atoms with E-state index in [-0.39, 0.29) is 0 Å². The van der Waals surface area contributed by atoms with Gasteiger partial charge < -0.3 is 10.2 Å². The number of H-pyrrole nitrogens is 1. The van der Waals surface area contributed by atoms with E-state index in [1.807, 2.05) is 18.2 Å². The first-order valence-corrected chi connectivity index (χ1v) is 5.46. The van der Waals surface area contributed by atoms with Crippen LogP contribution < -0.4 is 5.73 Å². The molecule has 0 radical (unpaired) electrons. The first-order valence-electron chi connectivity index (χ1n) is 5.46. The van der Waals surface area contributed by atoms with Gasteiger partial charge in [-0.2, -0.15) is 5.10 Å². The molecule has 3 rings (SSSR count). The zero-order valence-electron chi connectivity index (χ0n) is 9.40. The summed E-state index contributed by atoms with van der Waals surface area (Å²) in [6.07, 6.45) is 2.59. The Morgan fingerprint density at radius 1 is 1.41 bits per heavy atom. The van der Waals surface area contributed by atoms with Crippen LogP contribution in [0.3, 0.4) is 0 Å². The van der Waals surface area contributed by atoms with Crippen LogP contribution in [-0.2, 0) is 6.42 Å². The fourth-order valence-corrected chi connectivity index (χ4v) is 1.77. The maximum atomic E-state index is 5.73. The average molecular weight is 228 g/mol. The van der Waals surface area contributed by atoms with Gasteiger partial charge in [0.25, 0.3) is 0 Å². The molecule has 2 aromatic heterocycles. The summed E-state index contributed by atoms with van der Waals surface area (Å²) in [6, 6.07) is 6.00. The number of benzene rings is 1. The minimum absolute atomic E-state index is 0.465. The topological polar surface area (TPSA) is 80.7 Å². The van der Waals surface area contributed by atoms with Crippen molar-refractivity contribution in [3.63, 3.8) is 0 Å². The lowest BCUT2D eigenvalue weighted by atomic mass is 10.1. The second-order valence-electron chi connectivity index (χ2n) is 3.87. The van der Waals surface area contributed by atoms with Crippen molar-refractivity contribution in [1.29, 1.82) is 0 Å². The Balaban J connectivity index is 2.17. The van der Waals surface area contributed by atoms with Crippen molar-refractivity contribution in [2.24, 2.45) is 0 Å². The van der Waals surface area contributed by atoms with Crippen LogP contribution in [0.4, 0.5) is 5.82 Å². The SMILES string of the molecule is CCc1ccc2oc(-c3cn[nH]c3N)nc2c1. The molecule has 0 unspecified atom stereocenters. The predicted molar refractivity (Wildman–Crippen MR) is 65.4 cm³/mol. The summed E-state index contributed by atoms with van der Waals surface area (Å²) in [5.41, 5.74) is 9.27. The maximum absolute atomic E-state index is 5.73. The Morgan fingerprint density at radius 3 is 3.00 bits per heavy atom. The van der Waals surface area contributed by atoms with Gasteiger partial charge in [0.15, 0.2) is 5.58 Å². The van der Waals surface area contributed by atoms with E-state index in [2.05, 4.69) is 22.1 Å². The highest BCUT2D eigenvalue weighted by Crippen LogP contribution is 2.27. The van der Waals surface area contributed by atoms with Crippen molar-refractivity contribution in [2.75, 3.05) is 5.73 Å². The average Bonchev–Trinajstić information content (AvgIpc) is 2.93. The Hall–Kier alpha value is -2.30. The van der Waals surface area contributed by atoms with Crippen LogP contribution in [0.1, 0.15) is 12.5 Å². The number of nitrogens with zero attached hydrogens (tertiary/aromatic N) is 2. The fourth-order valence-electron chi connectivity index (χ4n) is 1.77. The van der Waals surface area contributed by atoms with Crippen LogP contribution in [0.25, 0.3) is 22.6 Å². The number of rotatable bonds is 2. The van der Waals surface area contributed by atoms with Gasteiger partial charge in [0.05, 0.1) is 11.8 Å². The predicted octanol–water partition coefficient (Wildman–Crippen LogP) is 2.36. The number of nitrogen functional groups attached to an aromatic ring is 1. The van der Waals surface area contributed by atoms with E-state index in [1.165, 1.54) is 5.56 Å². The molecule has 5 heteroatoms. The third kappa shape index (κ3) is 1.56. The molecular formula is C12H12N4O. The molecule has 0 bridgehead atoms. The third-order valence-electron chi connectivity index (χ3n) is 2.76. The van der Waals surface area contributed by atoms with E-state index in [1.54, 1.807) is 6.20 Å². The molecule has 0 aliphatic carbocycles. The standard InChI is InChI=1S/C12H12N4O/c1-2-7-3-4-10-9(5-7)15-12(17-10)8-6-14-16-11(8)13/h3-6H,2H2,1H3,(H3,13,14,16). The zero-order valence-corrected chi connectivity index (χ0v) is 9.40. The second kappa shape index (κ2) is 3.62. The van der Waals surface area contributed by atoms with Gasteiger partial charge in [0.1, 0.15) is 11.3 Å². The van der Waals surface area contributed by atoms with Gasteiger partial charge in [-0.15, -0.1) is 0 Å². The molecule has 0 aliphatic rings. The molecular weight excluding hydrogens is 216 g/mol. The molecule has 0 fully saturated rings. The quantitative estimate of drug-likeness (QED) is 0.705. The van der Waals surface area contributed by atoms with Gasteiger partial charge in [-0.25, -0.2) is 4.98 Å². The van der Waals surface area contributed by atoms with E-state index >= 15 is 0 Å². The molecule has 3 aromatic rings. The van der Waals surface area contributed by atoms with E-state index in [0.717, 1.165) is 17.5 Å². The molecule has 17 heavy (non-hydrogen) atoms. The molecule has 0 aliphatic heterocycles. The Kier molecular flexibility index (Phi) is 2.11. The Morgan fingerprint density at radius 2 is 2.29 bits per heavy atom. The summed E-state index contributed by atoms with van der Waals surface area (Å²) in [4.78, 5) is 4.42. The van der Waals surface area contributed by atoms with Crippen LogP contribution in [-0.4, -0.2) is 15.2 Å². The highest BCUT2D eigenvalue weighted by Gasteiger charge is 2.12. The van der Waals surface area contributed by atoms with Gasteiger partial charge in [-0.3, -0.25) is 5.10 Å². The van der Waals surface area contributed by atoms with Crippen molar-refractivity contribution >= 4 is 16.9 Å². The lowest BCUT2D eigenvalue weighted by molar-refractivity contribution is 0.620. The second-order valence-corrected chi connectivity index (χ2v) is 3.87. The number of oxazole rings is 1. The summed E-state index contributed by atoms with van der Waals surface area (Å²) in [5.74, 6) is 0.965. The first-order chi connectivity index (χ1) is 8.28. The molecule has 0 atom stereocenters. The van der Waals surface area contributed by atoms with E-state index in [9.17, 15) is 0 Å². The molecule has 2 heterocycles. The number of aryl methyl sites for hydroxylation is 1. The van der Waals surface area contributed by atoms with Crippen molar-refractivity contribution < 1.29 is 4.42 Å². The molecule has 0 spiro atoms. The monoisotopic (exact) mass is 228 g/mol. The zero-order chi connectivity index (χ0) is 11.8. The molecule has 0 amide bonds. The number of fused-ring (bicyclic) bond motifs is 1. The number of hydrogen-bond acceptors (Lipinski definition) is 4. The number of anilines is 1. The van der Waals surface area contributed by atoms with Crippen LogP contribution >= 0.6 is 0 Å².